The normalized spacial score (nSPS) is 23.4. The van der Waals surface area contributed by atoms with E-state index in [2.05, 4.69) is 26.6 Å². The van der Waals surface area contributed by atoms with Gasteiger partial charge in [0.05, 0.1) is 36.2 Å². The number of hydrogen-bond donors (Lipinski definition) is 4. The summed E-state index contributed by atoms with van der Waals surface area (Å²) in [5.74, 6) is -3.67. The molecule has 4 atom stereocenters. The smallest absolute Gasteiger partial charge is 0.324 e. The lowest BCUT2D eigenvalue weighted by atomic mass is 9.77. The van der Waals surface area contributed by atoms with Crippen molar-refractivity contribution in [3.05, 3.63) is 51.5 Å². The molecule has 2 fully saturated rings. The molecule has 2 aliphatic rings. The number of nitrogens with two attached hydrogens (primary N) is 1. The lowest BCUT2D eigenvalue weighted by Crippen LogP contribution is -2.56. The van der Waals surface area contributed by atoms with E-state index < -0.39 is 47.2 Å². The minimum atomic E-state index is -1.79. The number of primary amides is 1. The summed E-state index contributed by atoms with van der Waals surface area (Å²) >= 11 is 3.49. The van der Waals surface area contributed by atoms with Gasteiger partial charge in [-0.1, -0.05) is 32.0 Å². The average molecular weight is 632 g/mol. The number of carboxylic acid groups (broad SMARTS) is 1. The van der Waals surface area contributed by atoms with Crippen LogP contribution in [0.5, 0.6) is 11.5 Å². The number of urea groups is 1. The Hall–Kier alpha value is -3.64. The summed E-state index contributed by atoms with van der Waals surface area (Å²) in [6.45, 7) is 4.01. The number of benzene rings is 2. The first kappa shape index (κ1) is 30.3. The van der Waals surface area contributed by atoms with E-state index in [0.717, 1.165) is 11.1 Å². The number of fused-ring (bicyclic) bond motifs is 1. The average Bonchev–Trinajstić information content (AvgIpc) is 3.43. The number of hydrogen-bond acceptors (Lipinski definition) is 7. The molecule has 0 radical (unpaired) electrons. The van der Waals surface area contributed by atoms with Crippen LogP contribution in [0.25, 0.3) is 0 Å². The summed E-state index contributed by atoms with van der Waals surface area (Å²) in [5.41, 5.74) is 6.15. The molecule has 12 heteroatoms. The van der Waals surface area contributed by atoms with Gasteiger partial charge in [-0.25, -0.2) is 9.69 Å². The second-order valence-corrected chi connectivity index (χ2v) is 11.0. The van der Waals surface area contributed by atoms with E-state index >= 15 is 0 Å². The molecule has 2 heterocycles. The first-order valence-electron chi connectivity index (χ1n) is 13.5. The lowest BCUT2D eigenvalue weighted by Gasteiger charge is -2.32. The lowest BCUT2D eigenvalue weighted by molar-refractivity contribution is -0.149. The second kappa shape index (κ2) is 12.1. The predicted octanol–water partition coefficient (Wildman–Crippen LogP) is 3.31. The van der Waals surface area contributed by atoms with Crippen molar-refractivity contribution in [1.29, 1.82) is 0 Å². The molecular weight excluding hydrogens is 596 g/mol. The molecule has 0 bridgehead atoms. The van der Waals surface area contributed by atoms with Crippen LogP contribution in [0.4, 0.5) is 10.5 Å². The Kier molecular flexibility index (Phi) is 8.93. The van der Waals surface area contributed by atoms with Crippen molar-refractivity contribution in [3.8, 4) is 11.5 Å². The molecule has 220 valence electrons. The van der Waals surface area contributed by atoms with E-state index in [1.165, 1.54) is 19.1 Å². The SMILES string of the molecule is CCc1cccc(CC)c1N1C(=O)C2C(c3cc(Br)c(OC)c(OC)c3)NC(CCCNC(N)=O)(C(=O)O)C2C1=O. The standard InChI is InChI=1S/C29H35BrN4O7/c1-5-15-9-7-10-16(6-2)23(15)34-25(35)20-21(26(34)36)29(27(37)38,11-8-12-32-28(31)39)33-22(20)17-13-18(30)24(41-4)19(14-17)40-3/h7,9-10,13-14,20-22,33H,5-6,8,11-12H2,1-4H3,(H,37,38)(H3,31,32,39). The van der Waals surface area contributed by atoms with Crippen LogP contribution in [-0.4, -0.2) is 55.2 Å². The molecule has 0 spiro atoms. The largest absolute Gasteiger partial charge is 0.493 e. The van der Waals surface area contributed by atoms with Gasteiger partial charge in [0.15, 0.2) is 11.5 Å². The summed E-state index contributed by atoms with van der Waals surface area (Å²) in [4.78, 5) is 54.2. The molecule has 0 aromatic heterocycles. The highest BCUT2D eigenvalue weighted by Crippen LogP contribution is 2.53. The zero-order valence-electron chi connectivity index (χ0n) is 23.5. The molecule has 4 rings (SSSR count). The van der Waals surface area contributed by atoms with Gasteiger partial charge in [0, 0.05) is 12.6 Å². The maximum Gasteiger partial charge on any atom is 0.324 e. The summed E-state index contributed by atoms with van der Waals surface area (Å²) in [6, 6.07) is 7.50. The number of carbonyl (C=O) groups excluding carboxylic acids is 3. The number of amides is 4. The van der Waals surface area contributed by atoms with Crippen LogP contribution in [-0.2, 0) is 27.2 Å². The zero-order chi connectivity index (χ0) is 30.1. The molecule has 2 aliphatic heterocycles. The van der Waals surface area contributed by atoms with Crippen molar-refractivity contribution in [2.24, 2.45) is 17.6 Å². The molecule has 0 aliphatic carbocycles. The van der Waals surface area contributed by atoms with Crippen LogP contribution in [0.15, 0.2) is 34.8 Å². The highest BCUT2D eigenvalue weighted by molar-refractivity contribution is 9.10. The van der Waals surface area contributed by atoms with Crippen molar-refractivity contribution in [2.45, 2.75) is 51.1 Å². The number of ether oxygens (including phenoxy) is 2. The fourth-order valence-corrected chi connectivity index (χ4v) is 6.86. The van der Waals surface area contributed by atoms with Gasteiger partial charge in [-0.05, 0) is 70.4 Å². The molecule has 4 amide bonds. The number of nitrogens with zero attached hydrogens (tertiary/aromatic N) is 1. The Bertz CT molecular complexity index is 1360. The third-order valence-electron chi connectivity index (χ3n) is 8.09. The van der Waals surface area contributed by atoms with E-state index in [1.54, 1.807) is 12.1 Å². The zero-order valence-corrected chi connectivity index (χ0v) is 25.0. The third-order valence-corrected chi connectivity index (χ3v) is 8.68. The fourth-order valence-electron chi connectivity index (χ4n) is 6.24. The molecule has 4 unspecified atom stereocenters. The predicted molar refractivity (Wildman–Crippen MR) is 155 cm³/mol. The highest BCUT2D eigenvalue weighted by Gasteiger charge is 2.68. The van der Waals surface area contributed by atoms with Crippen LogP contribution in [0, 0.1) is 11.8 Å². The number of methoxy groups -OCH3 is 2. The van der Waals surface area contributed by atoms with Crippen LogP contribution in [0.2, 0.25) is 0 Å². The molecule has 2 saturated heterocycles. The number of aryl methyl sites for hydroxylation is 2. The Balaban J connectivity index is 1.89. The first-order chi connectivity index (χ1) is 19.6. The van der Waals surface area contributed by atoms with Crippen LogP contribution < -0.4 is 30.7 Å². The van der Waals surface area contributed by atoms with Gasteiger partial charge in [0.25, 0.3) is 0 Å². The molecule has 2 aromatic rings. The molecule has 11 nitrogen and oxygen atoms in total. The van der Waals surface area contributed by atoms with Gasteiger partial charge in [0.2, 0.25) is 11.8 Å². The fraction of sp³-hybridized carbons (Fsp3) is 0.448. The molecule has 2 aromatic carbocycles. The number of anilines is 1. The number of nitrogens with one attached hydrogen (secondary N) is 2. The Labute approximate surface area is 246 Å². The Morgan fingerprint density at radius 1 is 1.12 bits per heavy atom. The quantitative estimate of drug-likeness (QED) is 0.217. The maximum absolute atomic E-state index is 14.3. The van der Waals surface area contributed by atoms with Gasteiger partial charge in [-0.3, -0.25) is 19.7 Å². The number of imide groups is 1. The van der Waals surface area contributed by atoms with Crippen molar-refractivity contribution in [1.82, 2.24) is 10.6 Å². The van der Waals surface area contributed by atoms with E-state index in [1.807, 2.05) is 32.0 Å². The monoisotopic (exact) mass is 630 g/mol. The Morgan fingerprint density at radius 3 is 2.32 bits per heavy atom. The van der Waals surface area contributed by atoms with E-state index in [0.29, 0.717) is 40.1 Å². The second-order valence-electron chi connectivity index (χ2n) is 10.2. The number of carboxylic acids is 1. The van der Waals surface area contributed by atoms with Crippen molar-refractivity contribution < 1.29 is 33.8 Å². The van der Waals surface area contributed by atoms with E-state index in [4.69, 9.17) is 15.2 Å². The van der Waals surface area contributed by atoms with Crippen molar-refractivity contribution in [2.75, 3.05) is 25.7 Å². The molecular formula is C29H35BrN4O7. The highest BCUT2D eigenvalue weighted by atomic mass is 79.9. The summed E-state index contributed by atoms with van der Waals surface area (Å²) in [7, 11) is 2.97. The van der Waals surface area contributed by atoms with E-state index in [9.17, 15) is 24.3 Å². The number of halogens is 1. The number of rotatable bonds is 11. The topological polar surface area (TPSA) is 160 Å². The third kappa shape index (κ3) is 5.14. The van der Waals surface area contributed by atoms with Crippen LogP contribution in [0.1, 0.15) is 49.4 Å². The van der Waals surface area contributed by atoms with E-state index in [-0.39, 0.29) is 19.4 Å². The number of carbonyl (C=O) groups is 4. The van der Waals surface area contributed by atoms with Crippen molar-refractivity contribution in [3.63, 3.8) is 0 Å². The van der Waals surface area contributed by atoms with Gasteiger partial charge < -0.3 is 25.6 Å². The number of aliphatic carboxylic acids is 1. The van der Waals surface area contributed by atoms with Crippen molar-refractivity contribution >= 4 is 45.4 Å². The van der Waals surface area contributed by atoms with Gasteiger partial charge in [0.1, 0.15) is 5.54 Å². The minimum absolute atomic E-state index is 0.0301. The number of para-hydroxylation sites is 1. The van der Waals surface area contributed by atoms with Crippen LogP contribution >= 0.6 is 15.9 Å². The molecule has 41 heavy (non-hydrogen) atoms. The van der Waals surface area contributed by atoms with Gasteiger partial charge in [-0.2, -0.15) is 0 Å². The van der Waals surface area contributed by atoms with Crippen LogP contribution in [0.3, 0.4) is 0 Å². The Morgan fingerprint density at radius 2 is 1.78 bits per heavy atom. The maximum atomic E-state index is 14.3. The first-order valence-corrected chi connectivity index (χ1v) is 14.3. The minimum Gasteiger partial charge on any atom is -0.493 e. The molecule has 0 saturated carbocycles. The summed E-state index contributed by atoms with van der Waals surface area (Å²) < 4.78 is 11.5. The molecule has 5 N–H and O–H groups in total. The van der Waals surface area contributed by atoms with Gasteiger partial charge in [-0.15, -0.1) is 0 Å². The van der Waals surface area contributed by atoms with Gasteiger partial charge >= 0.3 is 12.0 Å². The summed E-state index contributed by atoms with van der Waals surface area (Å²) in [5, 5.41) is 16.3. The summed E-state index contributed by atoms with van der Waals surface area (Å²) in [6.07, 6.45) is 1.35.